The lowest BCUT2D eigenvalue weighted by Crippen LogP contribution is -2.15. The molecule has 1 N–H and O–H groups in total. The predicted octanol–water partition coefficient (Wildman–Crippen LogP) is 6.30. The summed E-state index contributed by atoms with van der Waals surface area (Å²) < 4.78 is 7.63. The number of halogens is 4. The summed E-state index contributed by atoms with van der Waals surface area (Å²) in [4.78, 5) is 12.3. The SMILES string of the molecule is CC(Oc1cc(Cl)ccc1Cl)c1nnc(SCC(=O)Nc2c(Cl)cccc2Cl)n1C. The van der Waals surface area contributed by atoms with Gasteiger partial charge in [0, 0.05) is 18.1 Å². The van der Waals surface area contributed by atoms with E-state index in [0.29, 0.717) is 42.5 Å². The molecule has 0 radical (unpaired) electrons. The summed E-state index contributed by atoms with van der Waals surface area (Å²) in [5.74, 6) is 0.852. The van der Waals surface area contributed by atoms with Crippen LogP contribution in [0.1, 0.15) is 18.9 Å². The van der Waals surface area contributed by atoms with Crippen LogP contribution in [-0.2, 0) is 11.8 Å². The molecule has 3 rings (SSSR count). The monoisotopic (exact) mass is 504 g/mol. The molecule has 1 aromatic heterocycles. The van der Waals surface area contributed by atoms with Crippen molar-refractivity contribution in [1.29, 1.82) is 0 Å². The topological polar surface area (TPSA) is 69.0 Å². The smallest absolute Gasteiger partial charge is 0.234 e. The molecule has 0 saturated carbocycles. The fourth-order valence-electron chi connectivity index (χ4n) is 2.54. The van der Waals surface area contributed by atoms with Crippen LogP contribution in [0.2, 0.25) is 20.1 Å². The molecule has 0 aliphatic rings. The molecule has 1 atom stereocenters. The number of nitrogens with one attached hydrogen (secondary N) is 1. The lowest BCUT2D eigenvalue weighted by atomic mass is 10.3. The van der Waals surface area contributed by atoms with E-state index in [1.165, 1.54) is 11.8 Å². The van der Waals surface area contributed by atoms with Crippen molar-refractivity contribution < 1.29 is 9.53 Å². The van der Waals surface area contributed by atoms with Gasteiger partial charge in [-0.15, -0.1) is 10.2 Å². The number of aromatic nitrogens is 3. The van der Waals surface area contributed by atoms with Gasteiger partial charge in [0.1, 0.15) is 5.75 Å². The zero-order valence-corrected chi connectivity index (χ0v) is 19.7. The van der Waals surface area contributed by atoms with Crippen molar-refractivity contribution in [2.75, 3.05) is 11.1 Å². The minimum atomic E-state index is -0.441. The maximum Gasteiger partial charge on any atom is 0.234 e. The Morgan fingerprint density at radius 3 is 2.53 bits per heavy atom. The Balaban J connectivity index is 1.63. The average molecular weight is 506 g/mol. The summed E-state index contributed by atoms with van der Waals surface area (Å²) in [6.45, 7) is 1.82. The summed E-state index contributed by atoms with van der Waals surface area (Å²) in [5, 5.41) is 13.3. The fraction of sp³-hybridized carbons (Fsp3) is 0.211. The van der Waals surface area contributed by atoms with E-state index in [4.69, 9.17) is 51.1 Å². The van der Waals surface area contributed by atoms with Crippen molar-refractivity contribution in [1.82, 2.24) is 14.8 Å². The van der Waals surface area contributed by atoms with Crippen molar-refractivity contribution in [2.45, 2.75) is 18.2 Å². The van der Waals surface area contributed by atoms with E-state index >= 15 is 0 Å². The van der Waals surface area contributed by atoms with Gasteiger partial charge in [-0.1, -0.05) is 64.2 Å². The minimum absolute atomic E-state index is 0.100. The van der Waals surface area contributed by atoms with Crippen LogP contribution in [0.4, 0.5) is 5.69 Å². The quantitative estimate of drug-likeness (QED) is 0.381. The number of ether oxygens (including phenoxy) is 1. The van der Waals surface area contributed by atoms with E-state index in [2.05, 4.69) is 15.5 Å². The zero-order chi connectivity index (χ0) is 21.8. The first-order chi connectivity index (χ1) is 14.3. The molecule has 0 bridgehead atoms. The van der Waals surface area contributed by atoms with Crippen LogP contribution < -0.4 is 10.1 Å². The Morgan fingerprint density at radius 2 is 1.83 bits per heavy atom. The Labute approximate surface area is 197 Å². The number of hydrogen-bond acceptors (Lipinski definition) is 5. The van der Waals surface area contributed by atoms with Gasteiger partial charge in [0.2, 0.25) is 5.91 Å². The molecule has 11 heteroatoms. The van der Waals surface area contributed by atoms with Gasteiger partial charge in [-0.05, 0) is 31.2 Å². The molecule has 158 valence electrons. The molecule has 0 saturated heterocycles. The Hall–Kier alpha value is -1.64. The highest BCUT2D eigenvalue weighted by Gasteiger charge is 2.19. The van der Waals surface area contributed by atoms with Gasteiger partial charge in [0.15, 0.2) is 17.1 Å². The number of amides is 1. The number of carbonyl (C=O) groups excluding carboxylic acids is 1. The molecule has 30 heavy (non-hydrogen) atoms. The molecule has 1 heterocycles. The summed E-state index contributed by atoms with van der Waals surface area (Å²) in [7, 11) is 1.79. The number of para-hydroxylation sites is 1. The Morgan fingerprint density at radius 1 is 1.13 bits per heavy atom. The molecule has 6 nitrogen and oxygen atoms in total. The van der Waals surface area contributed by atoms with Gasteiger partial charge in [0.25, 0.3) is 0 Å². The average Bonchev–Trinajstić information content (AvgIpc) is 3.06. The Bertz CT molecular complexity index is 1060. The zero-order valence-electron chi connectivity index (χ0n) is 15.8. The number of hydrogen-bond donors (Lipinski definition) is 1. The minimum Gasteiger partial charge on any atom is -0.481 e. The number of nitrogens with zero attached hydrogens (tertiary/aromatic N) is 3. The first-order valence-corrected chi connectivity index (χ1v) is 11.1. The third-order valence-electron chi connectivity index (χ3n) is 3.99. The fourth-order valence-corrected chi connectivity index (χ4v) is 4.07. The lowest BCUT2D eigenvalue weighted by Gasteiger charge is -2.15. The second kappa shape index (κ2) is 10.1. The van der Waals surface area contributed by atoms with E-state index < -0.39 is 6.10 Å². The highest BCUT2D eigenvalue weighted by molar-refractivity contribution is 7.99. The normalized spacial score (nSPS) is 11.9. The molecule has 0 spiro atoms. The summed E-state index contributed by atoms with van der Waals surface area (Å²) >= 11 is 25.5. The van der Waals surface area contributed by atoms with Crippen LogP contribution in [0, 0.1) is 0 Å². The number of rotatable bonds is 7. The van der Waals surface area contributed by atoms with E-state index in [-0.39, 0.29) is 11.7 Å². The highest BCUT2D eigenvalue weighted by Crippen LogP contribution is 2.32. The van der Waals surface area contributed by atoms with Gasteiger partial charge in [0.05, 0.1) is 26.5 Å². The van der Waals surface area contributed by atoms with Crippen LogP contribution in [0.25, 0.3) is 0 Å². The number of carbonyl (C=O) groups is 1. The second-order valence-electron chi connectivity index (χ2n) is 6.17. The summed E-state index contributed by atoms with van der Waals surface area (Å²) in [6.07, 6.45) is -0.441. The van der Waals surface area contributed by atoms with Crippen molar-refractivity contribution in [3.63, 3.8) is 0 Å². The number of benzene rings is 2. The summed E-state index contributed by atoms with van der Waals surface area (Å²) in [6, 6.07) is 9.98. The molecule has 0 aliphatic carbocycles. The van der Waals surface area contributed by atoms with E-state index in [0.717, 1.165) is 0 Å². The van der Waals surface area contributed by atoms with Crippen molar-refractivity contribution in [3.8, 4) is 5.75 Å². The molecule has 0 fully saturated rings. The van der Waals surface area contributed by atoms with Crippen LogP contribution in [0.15, 0.2) is 41.6 Å². The molecule has 2 aromatic carbocycles. The van der Waals surface area contributed by atoms with E-state index in [1.807, 2.05) is 6.92 Å². The standard InChI is InChI=1S/C19H16Cl4N4O2S/c1-10(29-15-8-11(20)6-7-12(15)21)18-25-26-19(27(18)2)30-9-16(28)24-17-13(22)4-3-5-14(17)23/h3-8,10H,9H2,1-2H3,(H,24,28). The predicted molar refractivity (Wildman–Crippen MR) is 122 cm³/mol. The van der Waals surface area contributed by atoms with Crippen LogP contribution in [0.3, 0.4) is 0 Å². The van der Waals surface area contributed by atoms with Crippen LogP contribution in [-0.4, -0.2) is 26.4 Å². The molecular weight excluding hydrogens is 490 g/mol. The first-order valence-electron chi connectivity index (χ1n) is 8.64. The van der Waals surface area contributed by atoms with E-state index in [9.17, 15) is 4.79 Å². The van der Waals surface area contributed by atoms with Gasteiger partial charge in [-0.3, -0.25) is 4.79 Å². The van der Waals surface area contributed by atoms with E-state index in [1.54, 1.807) is 48.0 Å². The third kappa shape index (κ3) is 5.53. The number of thioether (sulfide) groups is 1. The molecular formula is C19H16Cl4N4O2S. The maximum atomic E-state index is 12.3. The summed E-state index contributed by atoms with van der Waals surface area (Å²) in [5.41, 5.74) is 0.380. The molecule has 3 aromatic rings. The molecule has 0 aliphatic heterocycles. The van der Waals surface area contributed by atoms with Gasteiger partial charge >= 0.3 is 0 Å². The van der Waals surface area contributed by atoms with Crippen molar-refractivity contribution in [2.24, 2.45) is 7.05 Å². The molecule has 1 unspecified atom stereocenters. The maximum absolute atomic E-state index is 12.3. The van der Waals surface area contributed by atoms with Gasteiger partial charge in [-0.25, -0.2) is 0 Å². The lowest BCUT2D eigenvalue weighted by molar-refractivity contribution is -0.113. The largest absolute Gasteiger partial charge is 0.481 e. The molecule has 1 amide bonds. The second-order valence-corrected chi connectivity index (χ2v) is 8.77. The third-order valence-corrected chi connectivity index (χ3v) is 6.19. The highest BCUT2D eigenvalue weighted by atomic mass is 35.5. The van der Waals surface area contributed by atoms with Crippen molar-refractivity contribution in [3.05, 3.63) is 62.3 Å². The number of anilines is 1. The van der Waals surface area contributed by atoms with Crippen molar-refractivity contribution >= 4 is 69.8 Å². The van der Waals surface area contributed by atoms with Gasteiger partial charge < -0.3 is 14.6 Å². The van der Waals surface area contributed by atoms with Gasteiger partial charge in [-0.2, -0.15) is 0 Å². The first kappa shape index (κ1) is 23.0. The Kier molecular flexibility index (Phi) is 7.76. The van der Waals surface area contributed by atoms with Crippen LogP contribution >= 0.6 is 58.2 Å². The van der Waals surface area contributed by atoms with Crippen LogP contribution in [0.5, 0.6) is 5.75 Å².